The molecule has 0 aromatic carbocycles. The Morgan fingerprint density at radius 1 is 1.42 bits per heavy atom. The predicted octanol–water partition coefficient (Wildman–Crippen LogP) is 3.64. The number of rotatable bonds is 6. The van der Waals surface area contributed by atoms with Crippen molar-refractivity contribution >= 4 is 17.7 Å². The van der Waals surface area contributed by atoms with Crippen LogP contribution in [0.25, 0.3) is 11.4 Å². The molecule has 2 aromatic heterocycles. The molecule has 2 aliphatic rings. The molecule has 2 unspecified atom stereocenters. The molecule has 7 heteroatoms. The molecule has 1 saturated carbocycles. The molecule has 2 aliphatic carbocycles. The number of amides is 1. The lowest BCUT2D eigenvalue weighted by molar-refractivity contribution is -0.118. The number of hydrogen-bond donors (Lipinski definition) is 1. The fourth-order valence-corrected chi connectivity index (χ4v) is 4.58. The number of hydrogen-bond acceptors (Lipinski definition) is 5. The third-order valence-corrected chi connectivity index (χ3v) is 6.00. The van der Waals surface area contributed by atoms with Crippen LogP contribution in [0.1, 0.15) is 26.2 Å². The molecule has 6 nitrogen and oxygen atoms in total. The summed E-state index contributed by atoms with van der Waals surface area (Å²) in [6.45, 7) is 2.77. The van der Waals surface area contributed by atoms with Crippen LogP contribution < -0.4 is 5.32 Å². The van der Waals surface area contributed by atoms with Gasteiger partial charge in [-0.3, -0.25) is 4.79 Å². The zero-order chi connectivity index (χ0) is 17.9. The van der Waals surface area contributed by atoms with Crippen molar-refractivity contribution in [3.05, 3.63) is 42.5 Å². The van der Waals surface area contributed by atoms with Gasteiger partial charge in [0, 0.05) is 18.2 Å². The fourth-order valence-electron chi connectivity index (χ4n) is 3.78. The van der Waals surface area contributed by atoms with Gasteiger partial charge in [0.15, 0.2) is 11.0 Å². The lowest BCUT2D eigenvalue weighted by atomic mass is 9.89. The Bertz CT molecular complexity index is 838. The van der Waals surface area contributed by atoms with Crippen molar-refractivity contribution in [2.24, 2.45) is 11.8 Å². The first kappa shape index (κ1) is 17.1. The largest absolute Gasteiger partial charge is 0.472 e. The van der Waals surface area contributed by atoms with Crippen molar-refractivity contribution in [1.82, 2.24) is 20.1 Å². The lowest BCUT2D eigenvalue weighted by Gasteiger charge is -2.23. The number of carbonyl (C=O) groups excluding carboxylic acids is 1. The van der Waals surface area contributed by atoms with Crippen LogP contribution in [0, 0.1) is 11.8 Å². The standard InChI is InChI=1S/C19H22N4O2S/c1-2-23-18(14-9-10-25-11-14)21-22-19(23)26-12-17(24)20-16-8-4-6-13-5-3-7-15(13)16/h4,6,8-11,13,15H,2-3,5,7,12H2,1H3,(H,20,24). The summed E-state index contributed by atoms with van der Waals surface area (Å²) in [5, 5.41) is 12.3. The number of nitrogens with zero attached hydrogens (tertiary/aromatic N) is 3. The quantitative estimate of drug-likeness (QED) is 0.786. The Balaban J connectivity index is 1.39. The second kappa shape index (κ2) is 7.53. The molecular formula is C19H22N4O2S. The van der Waals surface area contributed by atoms with Crippen molar-refractivity contribution in [2.45, 2.75) is 37.9 Å². The molecule has 0 aliphatic heterocycles. The van der Waals surface area contributed by atoms with Crippen LogP contribution in [0.4, 0.5) is 0 Å². The van der Waals surface area contributed by atoms with E-state index in [0.29, 0.717) is 17.6 Å². The summed E-state index contributed by atoms with van der Waals surface area (Å²) in [6.07, 6.45) is 13.3. The third kappa shape index (κ3) is 3.35. The monoisotopic (exact) mass is 370 g/mol. The van der Waals surface area contributed by atoms with Crippen molar-refractivity contribution < 1.29 is 9.21 Å². The highest BCUT2D eigenvalue weighted by Crippen LogP contribution is 2.38. The van der Waals surface area contributed by atoms with E-state index in [-0.39, 0.29) is 5.91 Å². The Labute approximate surface area is 156 Å². The maximum Gasteiger partial charge on any atom is 0.234 e. The highest BCUT2D eigenvalue weighted by Gasteiger charge is 2.30. The maximum atomic E-state index is 12.4. The summed E-state index contributed by atoms with van der Waals surface area (Å²) in [5.74, 6) is 2.16. The van der Waals surface area contributed by atoms with E-state index in [1.807, 2.05) is 23.6 Å². The average molecular weight is 370 g/mol. The number of allylic oxidation sites excluding steroid dienone is 4. The van der Waals surface area contributed by atoms with Crippen LogP contribution in [0.5, 0.6) is 0 Å². The van der Waals surface area contributed by atoms with E-state index in [1.54, 1.807) is 12.5 Å². The van der Waals surface area contributed by atoms with Crippen LogP contribution in [-0.4, -0.2) is 26.4 Å². The minimum Gasteiger partial charge on any atom is -0.472 e. The molecule has 0 radical (unpaired) electrons. The third-order valence-electron chi connectivity index (χ3n) is 5.03. The highest BCUT2D eigenvalue weighted by molar-refractivity contribution is 7.99. The van der Waals surface area contributed by atoms with Gasteiger partial charge in [0.05, 0.1) is 17.6 Å². The summed E-state index contributed by atoms with van der Waals surface area (Å²) in [4.78, 5) is 12.4. The van der Waals surface area contributed by atoms with Crippen molar-refractivity contribution in [3.63, 3.8) is 0 Å². The zero-order valence-electron chi connectivity index (χ0n) is 14.7. The average Bonchev–Trinajstić information content (AvgIpc) is 3.38. The molecule has 136 valence electrons. The number of thioether (sulfide) groups is 1. The number of carbonyl (C=O) groups is 1. The summed E-state index contributed by atoms with van der Waals surface area (Å²) in [7, 11) is 0. The Kier molecular flexibility index (Phi) is 4.97. The summed E-state index contributed by atoms with van der Waals surface area (Å²) >= 11 is 1.41. The molecule has 4 rings (SSSR count). The van der Waals surface area contributed by atoms with Gasteiger partial charge in [0.25, 0.3) is 0 Å². The second-order valence-corrected chi connectivity index (χ2v) is 7.55. The highest BCUT2D eigenvalue weighted by atomic mass is 32.2. The van der Waals surface area contributed by atoms with Crippen LogP contribution in [0.3, 0.4) is 0 Å². The number of nitrogens with one attached hydrogen (secondary N) is 1. The van der Waals surface area contributed by atoms with Gasteiger partial charge in [-0.05, 0) is 37.8 Å². The SMILES string of the molecule is CCn1c(SCC(=O)NC2=CC=CC3CCCC23)nnc1-c1ccoc1. The molecule has 2 atom stereocenters. The van der Waals surface area contributed by atoms with E-state index < -0.39 is 0 Å². The van der Waals surface area contributed by atoms with Crippen molar-refractivity contribution in [2.75, 3.05) is 5.75 Å². The van der Waals surface area contributed by atoms with Gasteiger partial charge in [-0.25, -0.2) is 0 Å². The number of aromatic nitrogens is 3. The Hall–Kier alpha value is -2.28. The molecule has 0 bridgehead atoms. The summed E-state index contributed by atoms with van der Waals surface area (Å²) < 4.78 is 7.13. The van der Waals surface area contributed by atoms with E-state index in [0.717, 1.165) is 35.2 Å². The molecule has 1 N–H and O–H groups in total. The van der Waals surface area contributed by atoms with Gasteiger partial charge >= 0.3 is 0 Å². The van der Waals surface area contributed by atoms with E-state index in [9.17, 15) is 4.79 Å². The smallest absolute Gasteiger partial charge is 0.234 e. The summed E-state index contributed by atoms with van der Waals surface area (Å²) in [5.41, 5.74) is 1.96. The molecule has 0 spiro atoms. The second-order valence-electron chi connectivity index (χ2n) is 6.61. The Morgan fingerprint density at radius 3 is 3.15 bits per heavy atom. The fraction of sp³-hybridized carbons (Fsp3) is 0.421. The van der Waals surface area contributed by atoms with Crippen LogP contribution in [0.2, 0.25) is 0 Å². The van der Waals surface area contributed by atoms with Crippen LogP contribution in [0.15, 0.2) is 52.1 Å². The van der Waals surface area contributed by atoms with Crippen LogP contribution in [-0.2, 0) is 11.3 Å². The normalized spacial score (nSPS) is 21.5. The molecule has 2 aromatic rings. The Morgan fingerprint density at radius 2 is 2.35 bits per heavy atom. The van der Waals surface area contributed by atoms with Crippen molar-refractivity contribution in [1.29, 1.82) is 0 Å². The van der Waals surface area contributed by atoms with Crippen LogP contribution >= 0.6 is 11.8 Å². The lowest BCUT2D eigenvalue weighted by Crippen LogP contribution is -2.30. The molecule has 26 heavy (non-hydrogen) atoms. The maximum absolute atomic E-state index is 12.4. The van der Waals surface area contributed by atoms with Gasteiger partial charge in [-0.2, -0.15) is 0 Å². The van der Waals surface area contributed by atoms with Gasteiger partial charge in [0.2, 0.25) is 5.91 Å². The topological polar surface area (TPSA) is 73.0 Å². The molecule has 0 saturated heterocycles. The molecule has 1 amide bonds. The van der Waals surface area contributed by atoms with Gasteiger partial charge in [-0.15, -0.1) is 10.2 Å². The number of fused-ring (bicyclic) bond motifs is 1. The van der Waals surface area contributed by atoms with E-state index >= 15 is 0 Å². The van der Waals surface area contributed by atoms with E-state index in [4.69, 9.17) is 4.42 Å². The first-order chi connectivity index (χ1) is 12.8. The zero-order valence-corrected chi connectivity index (χ0v) is 15.5. The molecule has 2 heterocycles. The van der Waals surface area contributed by atoms with Crippen molar-refractivity contribution in [3.8, 4) is 11.4 Å². The minimum atomic E-state index is 0.0118. The summed E-state index contributed by atoms with van der Waals surface area (Å²) in [6, 6.07) is 1.86. The van der Waals surface area contributed by atoms with Gasteiger partial charge < -0.3 is 14.3 Å². The predicted molar refractivity (Wildman–Crippen MR) is 100 cm³/mol. The first-order valence-corrected chi connectivity index (χ1v) is 10.0. The first-order valence-electron chi connectivity index (χ1n) is 9.03. The number of furan rings is 1. The molecule has 1 fully saturated rings. The minimum absolute atomic E-state index is 0.0118. The van der Waals surface area contributed by atoms with E-state index in [2.05, 4.69) is 27.7 Å². The van der Waals surface area contributed by atoms with E-state index in [1.165, 1.54) is 24.6 Å². The molecular weight excluding hydrogens is 348 g/mol. The van der Waals surface area contributed by atoms with Gasteiger partial charge in [0.1, 0.15) is 6.26 Å². The van der Waals surface area contributed by atoms with Gasteiger partial charge in [-0.1, -0.05) is 30.3 Å².